The normalized spacial score (nSPS) is 25.2. The number of piperidine rings is 1. The van der Waals surface area contributed by atoms with E-state index in [1.54, 1.807) is 0 Å². The van der Waals surface area contributed by atoms with Gasteiger partial charge in [-0.25, -0.2) is 5.43 Å². The Balaban J connectivity index is 1.42. The molecule has 2 heterocycles. The van der Waals surface area contributed by atoms with Crippen LogP contribution in [0, 0.1) is 11.8 Å². The Kier molecular flexibility index (Phi) is 6.70. The topological polar surface area (TPSA) is 56.4 Å². The second kappa shape index (κ2) is 8.99. The molecule has 138 valence electrons. The third-order valence-electron chi connectivity index (χ3n) is 5.37. The highest BCUT2D eigenvalue weighted by Gasteiger charge is 2.33. The first kappa shape index (κ1) is 18.6. The summed E-state index contributed by atoms with van der Waals surface area (Å²) in [5, 5.41) is 3.82. The summed E-state index contributed by atoms with van der Waals surface area (Å²) in [7, 11) is 0. The van der Waals surface area contributed by atoms with Gasteiger partial charge >= 0.3 is 0 Å². The lowest BCUT2D eigenvalue weighted by Crippen LogP contribution is -2.38. The molecule has 0 saturated carbocycles. The molecule has 1 aromatic rings. The lowest BCUT2D eigenvalue weighted by Gasteiger charge is -2.30. The van der Waals surface area contributed by atoms with E-state index in [2.05, 4.69) is 28.0 Å². The number of hydrazine groups is 1. The third kappa shape index (κ3) is 5.17. The zero-order chi connectivity index (χ0) is 17.6. The first-order valence-corrected chi connectivity index (χ1v) is 9.75. The average molecular weight is 365 g/mol. The summed E-state index contributed by atoms with van der Waals surface area (Å²) in [6.45, 7) is 7.19. The highest BCUT2D eigenvalue weighted by molar-refractivity contribution is 6.30. The van der Waals surface area contributed by atoms with Crippen LogP contribution in [0.4, 0.5) is 0 Å². The van der Waals surface area contributed by atoms with Gasteiger partial charge in [0.05, 0.1) is 12.0 Å². The molecule has 2 unspecified atom stereocenters. The number of carbonyl (C=O) groups excluding carboxylic acids is 1. The summed E-state index contributed by atoms with van der Waals surface area (Å²) in [5.41, 5.74) is 7.40. The molecule has 2 saturated heterocycles. The van der Waals surface area contributed by atoms with E-state index in [4.69, 9.17) is 11.6 Å². The summed E-state index contributed by atoms with van der Waals surface area (Å²) in [6.07, 6.45) is 3.61. The first-order valence-electron chi connectivity index (χ1n) is 9.37. The Labute approximate surface area is 155 Å². The van der Waals surface area contributed by atoms with Gasteiger partial charge in [-0.15, -0.1) is 0 Å². The maximum absolute atomic E-state index is 12.6. The Hall–Kier alpha value is -1.14. The quantitative estimate of drug-likeness (QED) is 0.678. The number of hydrogen-bond donors (Lipinski definition) is 3. The molecule has 0 radical (unpaired) electrons. The van der Waals surface area contributed by atoms with E-state index in [1.807, 2.05) is 24.3 Å². The maximum Gasteiger partial charge on any atom is 0.226 e. The van der Waals surface area contributed by atoms with Crippen LogP contribution in [-0.4, -0.2) is 43.5 Å². The van der Waals surface area contributed by atoms with Crippen LogP contribution in [0.5, 0.6) is 0 Å². The summed E-state index contributed by atoms with van der Waals surface area (Å²) in [6, 6.07) is 7.67. The zero-order valence-corrected chi connectivity index (χ0v) is 15.7. The molecule has 0 bridgehead atoms. The van der Waals surface area contributed by atoms with Gasteiger partial charge in [-0.2, -0.15) is 0 Å². The second-order valence-electron chi connectivity index (χ2n) is 7.33. The molecule has 0 spiro atoms. The van der Waals surface area contributed by atoms with Crippen LogP contribution in [0.2, 0.25) is 5.02 Å². The van der Waals surface area contributed by atoms with Crippen molar-refractivity contribution in [3.8, 4) is 0 Å². The fourth-order valence-electron chi connectivity index (χ4n) is 3.66. The van der Waals surface area contributed by atoms with Crippen LogP contribution in [0.15, 0.2) is 24.3 Å². The molecule has 3 rings (SSSR count). The molecule has 1 aromatic carbocycles. The number of halogens is 1. The number of nitrogens with zero attached hydrogens (tertiary/aromatic N) is 1. The van der Waals surface area contributed by atoms with Crippen molar-refractivity contribution < 1.29 is 4.79 Å². The Morgan fingerprint density at radius 3 is 2.72 bits per heavy atom. The van der Waals surface area contributed by atoms with Gasteiger partial charge in [-0.05, 0) is 62.5 Å². The van der Waals surface area contributed by atoms with Crippen molar-refractivity contribution in [1.82, 2.24) is 21.1 Å². The minimum Gasteiger partial charge on any atom is -0.356 e. The molecule has 5 nitrogen and oxygen atoms in total. The molecule has 2 atom stereocenters. The maximum atomic E-state index is 12.6. The van der Waals surface area contributed by atoms with E-state index in [0.29, 0.717) is 11.6 Å². The summed E-state index contributed by atoms with van der Waals surface area (Å²) in [5.74, 6) is 0.879. The molecular formula is C19H29ClN4O. The highest BCUT2D eigenvalue weighted by atomic mass is 35.5. The zero-order valence-electron chi connectivity index (χ0n) is 14.9. The number of rotatable bonds is 6. The van der Waals surface area contributed by atoms with Gasteiger partial charge in [0.15, 0.2) is 0 Å². The second-order valence-corrected chi connectivity index (χ2v) is 7.77. The molecule has 6 heteroatoms. The molecule has 1 amide bonds. The molecular weight excluding hydrogens is 336 g/mol. The van der Waals surface area contributed by atoms with Crippen LogP contribution in [-0.2, 0) is 4.79 Å². The van der Waals surface area contributed by atoms with Crippen molar-refractivity contribution >= 4 is 17.5 Å². The molecule has 2 aliphatic rings. The lowest BCUT2D eigenvalue weighted by molar-refractivity contribution is -0.124. The standard InChI is InChI=1S/C19H29ClN4O/c1-14-7-11-24(12-8-14)10-2-9-21-19(25)17-13-22-23-18(17)15-3-5-16(20)6-4-15/h3-6,14,17-18,22-23H,2,7-13H2,1H3,(H,21,25). The van der Waals surface area contributed by atoms with Crippen LogP contribution < -0.4 is 16.2 Å². The number of nitrogens with one attached hydrogen (secondary N) is 3. The van der Waals surface area contributed by atoms with Crippen LogP contribution in [0.1, 0.15) is 37.8 Å². The number of benzene rings is 1. The lowest BCUT2D eigenvalue weighted by atomic mass is 9.94. The van der Waals surface area contributed by atoms with Crippen molar-refractivity contribution in [2.75, 3.05) is 32.7 Å². The van der Waals surface area contributed by atoms with Crippen molar-refractivity contribution in [2.45, 2.75) is 32.2 Å². The minimum atomic E-state index is -0.1000. The Morgan fingerprint density at radius 2 is 2.00 bits per heavy atom. The van der Waals surface area contributed by atoms with Gasteiger partial charge in [-0.3, -0.25) is 10.2 Å². The molecule has 0 aliphatic carbocycles. The van der Waals surface area contributed by atoms with Crippen LogP contribution in [0.3, 0.4) is 0 Å². The minimum absolute atomic E-state index is 0.0131. The van der Waals surface area contributed by atoms with E-state index >= 15 is 0 Å². The van der Waals surface area contributed by atoms with E-state index in [-0.39, 0.29) is 17.9 Å². The third-order valence-corrected chi connectivity index (χ3v) is 5.63. The monoisotopic (exact) mass is 364 g/mol. The fraction of sp³-hybridized carbons (Fsp3) is 0.632. The Bertz CT molecular complexity index is 557. The number of likely N-dealkylation sites (tertiary alicyclic amines) is 1. The molecule has 2 fully saturated rings. The van der Waals surface area contributed by atoms with Gasteiger partial charge in [0.2, 0.25) is 5.91 Å². The van der Waals surface area contributed by atoms with E-state index in [9.17, 15) is 4.79 Å². The number of carbonyl (C=O) groups is 1. The molecule has 2 aliphatic heterocycles. The van der Waals surface area contributed by atoms with Gasteiger partial charge in [0.25, 0.3) is 0 Å². The van der Waals surface area contributed by atoms with Gasteiger partial charge in [0.1, 0.15) is 0 Å². The fourth-order valence-corrected chi connectivity index (χ4v) is 3.78. The average Bonchev–Trinajstić information content (AvgIpc) is 3.10. The summed E-state index contributed by atoms with van der Waals surface area (Å²) < 4.78 is 0. The van der Waals surface area contributed by atoms with E-state index in [1.165, 1.54) is 25.9 Å². The largest absolute Gasteiger partial charge is 0.356 e. The van der Waals surface area contributed by atoms with Crippen LogP contribution >= 0.6 is 11.6 Å². The van der Waals surface area contributed by atoms with Gasteiger partial charge in [0, 0.05) is 18.1 Å². The smallest absolute Gasteiger partial charge is 0.226 e. The number of hydrogen-bond acceptors (Lipinski definition) is 4. The highest BCUT2D eigenvalue weighted by Crippen LogP contribution is 2.26. The predicted octanol–water partition coefficient (Wildman–Crippen LogP) is 2.34. The summed E-state index contributed by atoms with van der Waals surface area (Å²) in [4.78, 5) is 15.1. The van der Waals surface area contributed by atoms with E-state index < -0.39 is 0 Å². The SMILES string of the molecule is CC1CCN(CCCNC(=O)C2CNNC2c2ccc(Cl)cc2)CC1. The molecule has 25 heavy (non-hydrogen) atoms. The number of amides is 1. The summed E-state index contributed by atoms with van der Waals surface area (Å²) >= 11 is 5.95. The Morgan fingerprint density at radius 1 is 1.28 bits per heavy atom. The molecule has 3 N–H and O–H groups in total. The van der Waals surface area contributed by atoms with Crippen LogP contribution in [0.25, 0.3) is 0 Å². The van der Waals surface area contributed by atoms with Gasteiger partial charge in [-0.1, -0.05) is 30.7 Å². The first-order chi connectivity index (χ1) is 12.1. The molecule has 0 aromatic heterocycles. The van der Waals surface area contributed by atoms with Gasteiger partial charge < -0.3 is 10.2 Å². The van der Waals surface area contributed by atoms with Crippen molar-refractivity contribution in [1.29, 1.82) is 0 Å². The van der Waals surface area contributed by atoms with Crippen molar-refractivity contribution in [2.24, 2.45) is 11.8 Å². The van der Waals surface area contributed by atoms with Crippen molar-refractivity contribution in [3.63, 3.8) is 0 Å². The van der Waals surface area contributed by atoms with E-state index in [0.717, 1.165) is 31.0 Å². The van der Waals surface area contributed by atoms with Crippen molar-refractivity contribution in [3.05, 3.63) is 34.9 Å². The predicted molar refractivity (Wildman–Crippen MR) is 101 cm³/mol.